The smallest absolute Gasteiger partial charge is 0.280 e. The van der Waals surface area contributed by atoms with Gasteiger partial charge in [0.1, 0.15) is 5.56 Å². The maximum Gasteiger partial charge on any atom is 0.280 e. The molecule has 2 N–H and O–H groups in total. The third-order valence-electron chi connectivity index (χ3n) is 1.86. The van der Waals surface area contributed by atoms with Crippen LogP contribution in [0.15, 0.2) is 10.9 Å². The molecule has 0 aliphatic rings. The number of hydrogen-bond donors (Lipinski definition) is 2. The summed E-state index contributed by atoms with van der Waals surface area (Å²) in [5, 5.41) is 0.360. The highest BCUT2D eigenvalue weighted by molar-refractivity contribution is 6.31. The molecule has 0 aliphatic carbocycles. The second-order valence-corrected chi connectivity index (χ2v) is 3.23. The molecule has 1 rings (SSSR count). The number of carbonyl (C=O) groups excluding carboxylic acids is 1. The Labute approximate surface area is 91.4 Å². The van der Waals surface area contributed by atoms with E-state index < -0.39 is 11.5 Å². The number of aromatic amines is 1. The number of pyridine rings is 1. The largest absolute Gasteiger partial charge is 0.324 e. The van der Waals surface area contributed by atoms with Gasteiger partial charge in [0.05, 0.1) is 12.1 Å². The molecular formula is C9H11ClN2O3. The molecule has 0 atom stereocenters. The van der Waals surface area contributed by atoms with Crippen molar-refractivity contribution in [1.29, 1.82) is 0 Å². The number of H-pyrrole nitrogens is 1. The van der Waals surface area contributed by atoms with Gasteiger partial charge in [0, 0.05) is 5.69 Å². The van der Waals surface area contributed by atoms with Gasteiger partial charge < -0.3 is 4.98 Å². The fraction of sp³-hybridized carbons (Fsp3) is 0.333. The number of aryl methyl sites for hydroxylation is 1. The lowest BCUT2D eigenvalue weighted by Gasteiger charge is -2.04. The van der Waals surface area contributed by atoms with Crippen LogP contribution >= 0.6 is 11.6 Å². The molecule has 0 saturated carbocycles. The Morgan fingerprint density at radius 1 is 1.67 bits per heavy atom. The van der Waals surface area contributed by atoms with Gasteiger partial charge in [-0.2, -0.15) is 0 Å². The Bertz CT molecular complexity index is 428. The molecule has 82 valence electrons. The first-order valence-electron chi connectivity index (χ1n) is 4.35. The molecule has 1 aromatic heterocycles. The van der Waals surface area contributed by atoms with Crippen molar-refractivity contribution >= 4 is 17.5 Å². The summed E-state index contributed by atoms with van der Waals surface area (Å²) in [7, 11) is 1.29. The van der Waals surface area contributed by atoms with Crippen LogP contribution in [-0.4, -0.2) is 18.0 Å². The van der Waals surface area contributed by atoms with Crippen molar-refractivity contribution < 1.29 is 9.63 Å². The van der Waals surface area contributed by atoms with Crippen LogP contribution in [0.2, 0.25) is 5.02 Å². The molecule has 0 bridgehead atoms. The van der Waals surface area contributed by atoms with Crippen LogP contribution in [0, 0.1) is 0 Å². The zero-order chi connectivity index (χ0) is 11.4. The Balaban J connectivity index is 3.16. The van der Waals surface area contributed by atoms with E-state index in [-0.39, 0.29) is 5.56 Å². The Morgan fingerprint density at radius 3 is 2.87 bits per heavy atom. The van der Waals surface area contributed by atoms with E-state index in [0.717, 1.165) is 0 Å². The second kappa shape index (κ2) is 4.95. The molecule has 15 heavy (non-hydrogen) atoms. The summed E-state index contributed by atoms with van der Waals surface area (Å²) >= 11 is 5.85. The van der Waals surface area contributed by atoms with Crippen molar-refractivity contribution in [3.63, 3.8) is 0 Å². The van der Waals surface area contributed by atoms with Crippen molar-refractivity contribution in [2.45, 2.75) is 13.3 Å². The lowest BCUT2D eigenvalue weighted by Crippen LogP contribution is -2.29. The summed E-state index contributed by atoms with van der Waals surface area (Å²) in [5.74, 6) is -0.622. The quantitative estimate of drug-likeness (QED) is 0.758. The molecule has 0 fully saturated rings. The maximum absolute atomic E-state index is 11.4. The van der Waals surface area contributed by atoms with E-state index in [4.69, 9.17) is 11.6 Å². The molecule has 1 aromatic rings. The molecule has 1 heterocycles. The number of halogens is 1. The number of aromatic nitrogens is 1. The van der Waals surface area contributed by atoms with E-state index in [0.29, 0.717) is 17.1 Å². The van der Waals surface area contributed by atoms with Crippen molar-refractivity contribution in [2.24, 2.45) is 0 Å². The zero-order valence-electron chi connectivity index (χ0n) is 8.39. The standard InChI is InChI=1S/C9H11ClN2O3/c1-3-7-6(10)4-5(8(13)11-7)9(14)12-15-2/h4H,3H2,1-2H3,(H,11,13)(H,12,14). The summed E-state index contributed by atoms with van der Waals surface area (Å²) < 4.78 is 0. The minimum Gasteiger partial charge on any atom is -0.324 e. The van der Waals surface area contributed by atoms with Crippen LogP contribution in [-0.2, 0) is 11.3 Å². The van der Waals surface area contributed by atoms with Gasteiger partial charge >= 0.3 is 0 Å². The van der Waals surface area contributed by atoms with Crippen molar-refractivity contribution in [3.8, 4) is 0 Å². The van der Waals surface area contributed by atoms with Gasteiger partial charge in [-0.25, -0.2) is 5.48 Å². The van der Waals surface area contributed by atoms with Crippen molar-refractivity contribution in [1.82, 2.24) is 10.5 Å². The van der Waals surface area contributed by atoms with Crippen LogP contribution in [0.1, 0.15) is 23.0 Å². The summed E-state index contributed by atoms with van der Waals surface area (Å²) in [5.41, 5.74) is 2.11. The van der Waals surface area contributed by atoms with Gasteiger partial charge in [-0.05, 0) is 12.5 Å². The molecule has 0 spiro atoms. The molecule has 6 heteroatoms. The normalized spacial score (nSPS) is 10.1. The highest BCUT2D eigenvalue weighted by Gasteiger charge is 2.12. The maximum atomic E-state index is 11.4. The number of rotatable bonds is 3. The first kappa shape index (κ1) is 11.7. The number of hydrogen-bond acceptors (Lipinski definition) is 3. The fourth-order valence-corrected chi connectivity index (χ4v) is 1.41. The van der Waals surface area contributed by atoms with E-state index >= 15 is 0 Å². The number of amides is 1. The summed E-state index contributed by atoms with van der Waals surface area (Å²) in [4.78, 5) is 29.7. The zero-order valence-corrected chi connectivity index (χ0v) is 9.14. The SMILES string of the molecule is CCc1[nH]c(=O)c(C(=O)NOC)cc1Cl. The van der Waals surface area contributed by atoms with Gasteiger partial charge in [-0.3, -0.25) is 14.4 Å². The Hall–Kier alpha value is -1.33. The van der Waals surface area contributed by atoms with Crippen LogP contribution in [0.25, 0.3) is 0 Å². The van der Waals surface area contributed by atoms with E-state index in [9.17, 15) is 9.59 Å². The minimum absolute atomic E-state index is 0.0703. The summed E-state index contributed by atoms with van der Waals surface area (Å²) in [6, 6.07) is 1.33. The molecule has 1 amide bonds. The molecule has 5 nitrogen and oxygen atoms in total. The highest BCUT2D eigenvalue weighted by atomic mass is 35.5. The molecular weight excluding hydrogens is 220 g/mol. The predicted octanol–water partition coefficient (Wildman–Crippen LogP) is 0.882. The van der Waals surface area contributed by atoms with Gasteiger partial charge in [-0.1, -0.05) is 18.5 Å². The monoisotopic (exact) mass is 230 g/mol. The fourth-order valence-electron chi connectivity index (χ4n) is 1.12. The predicted molar refractivity (Wildman–Crippen MR) is 55.9 cm³/mol. The molecule has 0 unspecified atom stereocenters. The Morgan fingerprint density at radius 2 is 2.33 bits per heavy atom. The lowest BCUT2D eigenvalue weighted by atomic mass is 10.2. The van der Waals surface area contributed by atoms with Crippen molar-refractivity contribution in [2.75, 3.05) is 7.11 Å². The van der Waals surface area contributed by atoms with Crippen LogP contribution in [0.3, 0.4) is 0 Å². The molecule has 0 aliphatic heterocycles. The van der Waals surface area contributed by atoms with Gasteiger partial charge in [-0.15, -0.1) is 0 Å². The van der Waals surface area contributed by atoms with Gasteiger partial charge in [0.2, 0.25) is 0 Å². The second-order valence-electron chi connectivity index (χ2n) is 2.83. The van der Waals surface area contributed by atoms with E-state index in [2.05, 4.69) is 9.82 Å². The number of hydroxylamine groups is 1. The number of carbonyl (C=O) groups is 1. The third kappa shape index (κ3) is 2.57. The van der Waals surface area contributed by atoms with E-state index in [1.165, 1.54) is 13.2 Å². The topological polar surface area (TPSA) is 71.2 Å². The first-order chi connectivity index (χ1) is 7.10. The van der Waals surface area contributed by atoms with Crippen molar-refractivity contribution in [3.05, 3.63) is 32.7 Å². The van der Waals surface area contributed by atoms with Crippen LogP contribution < -0.4 is 11.0 Å². The first-order valence-corrected chi connectivity index (χ1v) is 4.73. The Kier molecular flexibility index (Phi) is 3.88. The van der Waals surface area contributed by atoms with E-state index in [1.54, 1.807) is 0 Å². The summed E-state index contributed by atoms with van der Waals surface area (Å²) in [6.45, 7) is 1.85. The molecule has 0 radical (unpaired) electrons. The van der Waals surface area contributed by atoms with Crippen LogP contribution in [0.5, 0.6) is 0 Å². The van der Waals surface area contributed by atoms with E-state index in [1.807, 2.05) is 12.4 Å². The van der Waals surface area contributed by atoms with Gasteiger partial charge in [0.25, 0.3) is 11.5 Å². The minimum atomic E-state index is -0.622. The highest BCUT2D eigenvalue weighted by Crippen LogP contribution is 2.13. The molecule has 0 saturated heterocycles. The third-order valence-corrected chi connectivity index (χ3v) is 2.20. The average molecular weight is 231 g/mol. The average Bonchev–Trinajstić information content (AvgIpc) is 2.21. The van der Waals surface area contributed by atoms with Crippen LogP contribution in [0.4, 0.5) is 0 Å². The summed E-state index contributed by atoms with van der Waals surface area (Å²) in [6.07, 6.45) is 0.597. The van der Waals surface area contributed by atoms with Gasteiger partial charge in [0.15, 0.2) is 0 Å². The number of nitrogens with one attached hydrogen (secondary N) is 2. The lowest BCUT2D eigenvalue weighted by molar-refractivity contribution is 0.0536. The molecule has 0 aromatic carbocycles.